The van der Waals surface area contributed by atoms with Crippen LogP contribution < -0.4 is 10.6 Å². The zero-order chi connectivity index (χ0) is 27.2. The molecule has 3 fully saturated rings. The van der Waals surface area contributed by atoms with Crippen molar-refractivity contribution in [3.63, 3.8) is 0 Å². The second kappa shape index (κ2) is 15.1. The summed E-state index contributed by atoms with van der Waals surface area (Å²) in [6.07, 6.45) is 16.3. The summed E-state index contributed by atoms with van der Waals surface area (Å²) < 4.78 is 6.07. The maximum Gasteiger partial charge on any atom is 3.00 e. The van der Waals surface area contributed by atoms with Crippen LogP contribution in [-0.2, 0) is 24.2 Å². The molecule has 0 N–H and O–H groups in total. The standard InChI is InChI=1S/C34H49NO2P2.Rh/c1-34(2,3)37-33(36)35-25-32(39(30-20-12-6-13-21-30)31-22-14-7-15-23-31)24-27(35)26-38(28-16-8-4-9-17-28)29-18-10-5-11-19-29;/h4-5,8-11,16-19,27,30-32H,6-7,12-15,20-26H2,1-3H3;/q;+3. The fraction of sp³-hybridized carbons (Fsp3) is 0.618. The molecule has 0 spiro atoms. The van der Waals surface area contributed by atoms with E-state index in [1.54, 1.807) is 0 Å². The molecule has 1 saturated heterocycles. The second-order valence-corrected chi connectivity index (χ2v) is 18.3. The zero-order valence-corrected chi connectivity index (χ0v) is 28.2. The number of hydrogen-bond acceptors (Lipinski definition) is 2. The normalized spacial score (nSPS) is 22.9. The molecule has 0 bridgehead atoms. The molecule has 0 radical (unpaired) electrons. The minimum atomic E-state index is -0.556. The first kappa shape index (κ1) is 32.1. The topological polar surface area (TPSA) is 29.5 Å². The molecule has 1 aliphatic heterocycles. The molecule has 5 rings (SSSR count). The predicted octanol–water partition coefficient (Wildman–Crippen LogP) is 8.64. The molecule has 3 aliphatic rings. The Labute approximate surface area is 258 Å². The molecule has 2 unspecified atom stereocenters. The number of amides is 1. The molecule has 2 atom stereocenters. The van der Waals surface area contributed by atoms with Crippen molar-refractivity contribution in [2.75, 3.05) is 12.7 Å². The first-order valence-corrected chi connectivity index (χ1v) is 18.6. The van der Waals surface area contributed by atoms with E-state index in [1.165, 1.54) is 74.8 Å². The number of hydrogen-bond donors (Lipinski definition) is 0. The van der Waals surface area contributed by atoms with Gasteiger partial charge in [0.15, 0.2) is 0 Å². The molecule has 2 aliphatic carbocycles. The van der Waals surface area contributed by atoms with E-state index < -0.39 is 13.5 Å². The molecule has 2 aromatic rings. The maximum absolute atomic E-state index is 13.8. The molecule has 1 amide bonds. The quantitative estimate of drug-likeness (QED) is 0.219. The Morgan fingerprint density at radius 2 is 1.25 bits per heavy atom. The summed E-state index contributed by atoms with van der Waals surface area (Å²) >= 11 is 0. The average molecular weight is 669 g/mol. The summed E-state index contributed by atoms with van der Waals surface area (Å²) in [7, 11) is -0.641. The van der Waals surface area contributed by atoms with Gasteiger partial charge in [0.25, 0.3) is 0 Å². The molecular formula is C34H49NO2P2Rh+3. The summed E-state index contributed by atoms with van der Waals surface area (Å²) in [6.45, 7) is 6.92. The van der Waals surface area contributed by atoms with Crippen LogP contribution in [-0.4, -0.2) is 52.3 Å². The minimum Gasteiger partial charge on any atom is -0.444 e. The Kier molecular flexibility index (Phi) is 12.1. The number of carbonyl (C=O) groups is 1. The number of nitrogens with zero attached hydrogens (tertiary/aromatic N) is 1. The van der Waals surface area contributed by atoms with E-state index in [2.05, 4.69) is 65.6 Å². The number of likely N-dealkylation sites (tertiary alicyclic amines) is 1. The smallest absolute Gasteiger partial charge is 0.444 e. The van der Waals surface area contributed by atoms with Crippen LogP contribution in [0.15, 0.2) is 60.7 Å². The van der Waals surface area contributed by atoms with Crippen LogP contribution in [0.2, 0.25) is 0 Å². The molecule has 6 heteroatoms. The molecule has 1 heterocycles. The molecule has 2 saturated carbocycles. The van der Waals surface area contributed by atoms with Gasteiger partial charge < -0.3 is 9.64 Å². The van der Waals surface area contributed by atoms with Gasteiger partial charge >= 0.3 is 25.6 Å². The van der Waals surface area contributed by atoms with Crippen molar-refractivity contribution < 1.29 is 29.0 Å². The second-order valence-electron chi connectivity index (χ2n) is 13.0. The first-order chi connectivity index (χ1) is 18.9. The van der Waals surface area contributed by atoms with Gasteiger partial charge in [-0.15, -0.1) is 0 Å². The number of ether oxygens (including phenoxy) is 1. The van der Waals surface area contributed by atoms with Gasteiger partial charge in [-0.25, -0.2) is 4.79 Å². The summed E-state index contributed by atoms with van der Waals surface area (Å²) in [5, 5.41) is 2.82. The van der Waals surface area contributed by atoms with Gasteiger partial charge in [-0.05, 0) is 94.5 Å². The Morgan fingerprint density at radius 1 is 0.775 bits per heavy atom. The third-order valence-corrected chi connectivity index (χ3v) is 15.5. The summed E-state index contributed by atoms with van der Waals surface area (Å²) in [6, 6.07) is 22.3. The number of benzene rings is 2. The molecule has 0 aromatic heterocycles. The fourth-order valence-electron chi connectivity index (χ4n) is 7.26. The third kappa shape index (κ3) is 8.39. The number of rotatable bonds is 7. The van der Waals surface area contributed by atoms with Crippen molar-refractivity contribution in [3.05, 3.63) is 60.7 Å². The molecule has 40 heavy (non-hydrogen) atoms. The minimum absolute atomic E-state index is 0. The van der Waals surface area contributed by atoms with Crippen LogP contribution in [0.4, 0.5) is 4.79 Å². The Hall–Kier alpha value is -0.807. The van der Waals surface area contributed by atoms with Crippen molar-refractivity contribution in [3.8, 4) is 0 Å². The van der Waals surface area contributed by atoms with Crippen molar-refractivity contribution >= 4 is 32.5 Å². The van der Waals surface area contributed by atoms with Gasteiger partial charge in [0, 0.05) is 12.6 Å². The zero-order valence-electron chi connectivity index (χ0n) is 24.8. The van der Waals surface area contributed by atoms with E-state index in [9.17, 15) is 4.79 Å². The molecular weight excluding hydrogens is 619 g/mol. The van der Waals surface area contributed by atoms with Gasteiger partial charge in [-0.2, -0.15) is 0 Å². The van der Waals surface area contributed by atoms with E-state index in [1.807, 2.05) is 20.8 Å². The van der Waals surface area contributed by atoms with Gasteiger partial charge in [0.2, 0.25) is 0 Å². The summed E-state index contributed by atoms with van der Waals surface area (Å²) in [5.41, 5.74) is 2.00. The van der Waals surface area contributed by atoms with Crippen molar-refractivity contribution in [1.29, 1.82) is 0 Å². The van der Waals surface area contributed by atoms with Crippen LogP contribution in [0.5, 0.6) is 0 Å². The molecule has 218 valence electrons. The average Bonchev–Trinajstić information content (AvgIpc) is 3.36. The Balaban J connectivity index is 0.00000370. The summed E-state index contributed by atoms with van der Waals surface area (Å²) in [5.74, 6) is 0. The third-order valence-electron chi connectivity index (χ3n) is 8.96. The maximum atomic E-state index is 13.8. The summed E-state index contributed by atoms with van der Waals surface area (Å²) in [4.78, 5) is 16.0. The fourth-order valence-corrected chi connectivity index (χ4v) is 14.4. The van der Waals surface area contributed by atoms with E-state index in [0.717, 1.165) is 30.4 Å². The van der Waals surface area contributed by atoms with Crippen LogP contribution >= 0.6 is 15.8 Å². The van der Waals surface area contributed by atoms with E-state index in [0.29, 0.717) is 5.66 Å². The van der Waals surface area contributed by atoms with E-state index >= 15 is 0 Å². The molecule has 3 nitrogen and oxygen atoms in total. The SMILES string of the molecule is CC(C)(C)OC(=O)N1CC(P(C2CCCCC2)C2CCCCC2)CC1CP(c1ccccc1)c1ccccc1.[Rh+3]. The molecule has 2 aromatic carbocycles. The van der Waals surface area contributed by atoms with E-state index in [4.69, 9.17) is 4.74 Å². The van der Waals surface area contributed by atoms with Crippen LogP contribution in [0, 0.1) is 0 Å². The van der Waals surface area contributed by atoms with Crippen molar-refractivity contribution in [2.45, 2.75) is 120 Å². The largest absolute Gasteiger partial charge is 3.00 e. The Morgan fingerprint density at radius 3 is 1.70 bits per heavy atom. The van der Waals surface area contributed by atoms with Crippen LogP contribution in [0.1, 0.15) is 91.4 Å². The van der Waals surface area contributed by atoms with E-state index in [-0.39, 0.29) is 39.5 Å². The van der Waals surface area contributed by atoms with Gasteiger partial charge in [-0.1, -0.05) is 107 Å². The Bertz CT molecular complexity index is 977. The monoisotopic (exact) mass is 668 g/mol. The van der Waals surface area contributed by atoms with Crippen LogP contribution in [0.25, 0.3) is 0 Å². The predicted molar refractivity (Wildman–Crippen MR) is 170 cm³/mol. The first-order valence-electron chi connectivity index (χ1n) is 15.5. The van der Waals surface area contributed by atoms with Crippen molar-refractivity contribution in [1.82, 2.24) is 4.90 Å². The van der Waals surface area contributed by atoms with Crippen molar-refractivity contribution in [2.24, 2.45) is 0 Å². The van der Waals surface area contributed by atoms with Crippen LogP contribution in [0.3, 0.4) is 0 Å². The van der Waals surface area contributed by atoms with Gasteiger partial charge in [0.05, 0.1) is 0 Å². The van der Waals surface area contributed by atoms with Gasteiger partial charge in [-0.3, -0.25) is 0 Å². The number of carbonyl (C=O) groups excluding carboxylic acids is 1. The van der Waals surface area contributed by atoms with Gasteiger partial charge in [0.1, 0.15) is 5.60 Å².